The lowest BCUT2D eigenvalue weighted by atomic mass is 10.2. The van der Waals surface area contributed by atoms with Crippen LogP contribution >= 0.6 is 0 Å². The topological polar surface area (TPSA) is 73.0 Å². The third-order valence-corrected chi connectivity index (χ3v) is 4.11. The number of para-hydroxylation sites is 1. The normalized spacial score (nSPS) is 10.7. The Labute approximate surface area is 156 Å². The first kappa shape index (κ1) is 16.8. The van der Waals surface area contributed by atoms with E-state index in [9.17, 15) is 4.79 Å². The summed E-state index contributed by atoms with van der Waals surface area (Å²) in [5.74, 6) is 1.20. The molecule has 0 bridgehead atoms. The van der Waals surface area contributed by atoms with Crippen molar-refractivity contribution in [2.75, 3.05) is 0 Å². The average molecular weight is 358 g/mol. The summed E-state index contributed by atoms with van der Waals surface area (Å²) >= 11 is 0. The van der Waals surface area contributed by atoms with Crippen molar-refractivity contribution in [3.63, 3.8) is 0 Å². The van der Waals surface area contributed by atoms with E-state index in [0.29, 0.717) is 23.7 Å². The number of amides is 1. The van der Waals surface area contributed by atoms with E-state index < -0.39 is 0 Å². The molecule has 0 aliphatic carbocycles. The Bertz CT molecular complexity index is 1050. The fourth-order valence-electron chi connectivity index (χ4n) is 2.78. The number of nitrogens with zero attached hydrogens (tertiary/aromatic N) is 3. The minimum absolute atomic E-state index is 0.218. The number of aryl methyl sites for hydroxylation is 1. The summed E-state index contributed by atoms with van der Waals surface area (Å²) in [6.07, 6.45) is 3.43. The summed E-state index contributed by atoms with van der Waals surface area (Å²) in [5.41, 5.74) is 2.78. The number of nitrogens with one attached hydrogen (secondary N) is 1. The molecule has 4 rings (SSSR count). The zero-order chi connectivity index (χ0) is 18.6. The van der Waals surface area contributed by atoms with Gasteiger partial charge in [-0.05, 0) is 42.8 Å². The fraction of sp³-hybridized carbons (Fsp3) is 0.0952. The van der Waals surface area contributed by atoms with Gasteiger partial charge in [0.2, 0.25) is 0 Å². The number of hydrogen-bond donors (Lipinski definition) is 1. The van der Waals surface area contributed by atoms with Crippen LogP contribution in [0.1, 0.15) is 21.8 Å². The molecule has 134 valence electrons. The van der Waals surface area contributed by atoms with Crippen LogP contribution in [0.15, 0.2) is 77.5 Å². The van der Waals surface area contributed by atoms with E-state index in [4.69, 9.17) is 4.42 Å². The molecular weight excluding hydrogens is 340 g/mol. The van der Waals surface area contributed by atoms with Gasteiger partial charge >= 0.3 is 0 Å². The van der Waals surface area contributed by atoms with Crippen LogP contribution in [0.25, 0.3) is 17.1 Å². The predicted molar refractivity (Wildman–Crippen MR) is 101 cm³/mol. The molecule has 4 aromatic rings. The van der Waals surface area contributed by atoms with Crippen LogP contribution in [0.5, 0.6) is 0 Å². The van der Waals surface area contributed by atoms with Crippen LogP contribution in [-0.2, 0) is 6.54 Å². The summed E-state index contributed by atoms with van der Waals surface area (Å²) < 4.78 is 7.30. The van der Waals surface area contributed by atoms with Crippen molar-refractivity contribution in [2.24, 2.45) is 0 Å². The summed E-state index contributed by atoms with van der Waals surface area (Å²) in [6, 6.07) is 18.8. The van der Waals surface area contributed by atoms with Crippen LogP contribution in [0.4, 0.5) is 0 Å². The number of benzene rings is 1. The van der Waals surface area contributed by atoms with Crippen molar-refractivity contribution in [3.8, 4) is 17.1 Å². The van der Waals surface area contributed by atoms with Crippen LogP contribution < -0.4 is 5.32 Å². The lowest BCUT2D eigenvalue weighted by Crippen LogP contribution is -2.25. The summed E-state index contributed by atoms with van der Waals surface area (Å²) in [4.78, 5) is 16.9. The molecule has 0 unspecified atom stereocenters. The molecule has 0 saturated heterocycles. The average Bonchev–Trinajstić information content (AvgIpc) is 3.34. The van der Waals surface area contributed by atoms with Gasteiger partial charge in [0.1, 0.15) is 17.1 Å². The van der Waals surface area contributed by atoms with Crippen molar-refractivity contribution in [3.05, 3.63) is 90.1 Å². The maximum Gasteiger partial charge on any atom is 0.270 e. The van der Waals surface area contributed by atoms with Crippen LogP contribution in [0.2, 0.25) is 0 Å². The minimum atomic E-state index is -0.218. The van der Waals surface area contributed by atoms with Gasteiger partial charge in [0.15, 0.2) is 5.76 Å². The maximum absolute atomic E-state index is 12.8. The van der Waals surface area contributed by atoms with Crippen LogP contribution in [0.3, 0.4) is 0 Å². The SMILES string of the molecule is Cc1ccc(-c2cc(C(=O)NCc3cccnc3)n(-c3ccccc3)n2)o1. The van der Waals surface area contributed by atoms with Gasteiger partial charge in [-0.1, -0.05) is 24.3 Å². The zero-order valence-electron chi connectivity index (χ0n) is 14.8. The summed E-state index contributed by atoms with van der Waals surface area (Å²) in [7, 11) is 0. The first-order valence-corrected chi connectivity index (χ1v) is 8.60. The number of carbonyl (C=O) groups is 1. The Balaban J connectivity index is 1.67. The highest BCUT2D eigenvalue weighted by Crippen LogP contribution is 2.23. The molecular formula is C21H18N4O2. The number of furan rings is 1. The van der Waals surface area contributed by atoms with Crippen molar-refractivity contribution in [1.29, 1.82) is 0 Å². The second-order valence-electron chi connectivity index (χ2n) is 6.12. The zero-order valence-corrected chi connectivity index (χ0v) is 14.8. The Hall–Kier alpha value is -3.67. The molecule has 27 heavy (non-hydrogen) atoms. The Morgan fingerprint density at radius 1 is 1.11 bits per heavy atom. The third-order valence-electron chi connectivity index (χ3n) is 4.11. The molecule has 3 heterocycles. The van der Waals surface area contributed by atoms with Gasteiger partial charge in [-0.15, -0.1) is 0 Å². The van der Waals surface area contributed by atoms with Crippen molar-refractivity contribution >= 4 is 5.91 Å². The van der Waals surface area contributed by atoms with E-state index >= 15 is 0 Å². The van der Waals surface area contributed by atoms with Gasteiger partial charge in [0.05, 0.1) is 5.69 Å². The monoisotopic (exact) mass is 358 g/mol. The first-order chi connectivity index (χ1) is 13.2. The molecule has 0 atom stereocenters. The second-order valence-corrected chi connectivity index (χ2v) is 6.12. The van der Waals surface area contributed by atoms with E-state index in [0.717, 1.165) is 17.0 Å². The number of rotatable bonds is 5. The molecule has 6 nitrogen and oxygen atoms in total. The lowest BCUT2D eigenvalue weighted by Gasteiger charge is -2.08. The highest BCUT2D eigenvalue weighted by Gasteiger charge is 2.19. The molecule has 1 amide bonds. The highest BCUT2D eigenvalue weighted by molar-refractivity contribution is 5.94. The van der Waals surface area contributed by atoms with E-state index in [1.165, 1.54) is 0 Å². The highest BCUT2D eigenvalue weighted by atomic mass is 16.3. The summed E-state index contributed by atoms with van der Waals surface area (Å²) in [5, 5.41) is 7.51. The minimum Gasteiger partial charge on any atom is -0.460 e. The number of aromatic nitrogens is 3. The number of carbonyl (C=O) groups excluding carboxylic acids is 1. The fourth-order valence-corrected chi connectivity index (χ4v) is 2.78. The molecule has 0 spiro atoms. The Morgan fingerprint density at radius 2 is 1.96 bits per heavy atom. The molecule has 0 fully saturated rings. The third kappa shape index (κ3) is 3.64. The van der Waals surface area contributed by atoms with Crippen LogP contribution in [-0.4, -0.2) is 20.7 Å². The van der Waals surface area contributed by atoms with E-state index in [1.807, 2.05) is 61.5 Å². The molecule has 0 aliphatic heterocycles. The molecule has 1 aromatic carbocycles. The predicted octanol–water partition coefficient (Wildman–Crippen LogP) is 3.77. The second kappa shape index (κ2) is 7.29. The quantitative estimate of drug-likeness (QED) is 0.589. The van der Waals surface area contributed by atoms with Gasteiger partial charge in [-0.2, -0.15) is 5.10 Å². The van der Waals surface area contributed by atoms with Crippen molar-refractivity contribution < 1.29 is 9.21 Å². The largest absolute Gasteiger partial charge is 0.460 e. The van der Waals surface area contributed by atoms with E-state index in [2.05, 4.69) is 15.4 Å². The van der Waals surface area contributed by atoms with Gasteiger partial charge in [-0.25, -0.2) is 4.68 Å². The standard InChI is InChI=1S/C21H18N4O2/c1-15-9-10-20(27-15)18-12-19(25(24-18)17-7-3-2-4-8-17)21(26)23-14-16-6-5-11-22-13-16/h2-13H,14H2,1H3,(H,23,26). The Kier molecular flexibility index (Phi) is 4.53. The number of hydrogen-bond acceptors (Lipinski definition) is 4. The summed E-state index contributed by atoms with van der Waals surface area (Å²) in [6.45, 7) is 2.26. The van der Waals surface area contributed by atoms with Gasteiger partial charge < -0.3 is 9.73 Å². The smallest absolute Gasteiger partial charge is 0.270 e. The molecule has 3 aromatic heterocycles. The molecule has 0 saturated carbocycles. The Morgan fingerprint density at radius 3 is 2.67 bits per heavy atom. The van der Waals surface area contributed by atoms with Gasteiger partial charge in [0.25, 0.3) is 5.91 Å². The first-order valence-electron chi connectivity index (χ1n) is 8.60. The number of pyridine rings is 1. The molecule has 0 aliphatic rings. The van der Waals surface area contributed by atoms with Crippen molar-refractivity contribution in [1.82, 2.24) is 20.1 Å². The molecule has 0 radical (unpaired) electrons. The van der Waals surface area contributed by atoms with Gasteiger partial charge in [0, 0.05) is 25.0 Å². The van der Waals surface area contributed by atoms with Gasteiger partial charge in [-0.3, -0.25) is 9.78 Å². The van der Waals surface area contributed by atoms with E-state index in [-0.39, 0.29) is 5.91 Å². The molecule has 6 heteroatoms. The van der Waals surface area contributed by atoms with E-state index in [1.54, 1.807) is 23.1 Å². The maximum atomic E-state index is 12.8. The lowest BCUT2D eigenvalue weighted by molar-refractivity contribution is 0.0943. The van der Waals surface area contributed by atoms with Crippen molar-refractivity contribution in [2.45, 2.75) is 13.5 Å². The molecule has 1 N–H and O–H groups in total. The van der Waals surface area contributed by atoms with Crippen LogP contribution in [0, 0.1) is 6.92 Å².